The zero-order valence-corrected chi connectivity index (χ0v) is 51.6. The number of fused-ring (bicyclic) bond motifs is 2. The van der Waals surface area contributed by atoms with Gasteiger partial charge in [-0.2, -0.15) is 0 Å². The molecule has 1 radical (unpaired) electrons. The molecule has 11 rings (SSSR count). The number of carboxylic acid groups (broad SMARTS) is 2. The number of anilines is 2. The fourth-order valence-corrected chi connectivity index (χ4v) is 10.7. The zero-order valence-electron chi connectivity index (χ0n) is 50.2. The molecule has 0 spiro atoms. The third-order valence-electron chi connectivity index (χ3n) is 15.5. The van der Waals surface area contributed by atoms with Gasteiger partial charge in [-0.1, -0.05) is 7.43 Å². The number of aromatic carboxylic acids is 2. The van der Waals surface area contributed by atoms with Gasteiger partial charge in [-0.3, -0.25) is 24.5 Å². The summed E-state index contributed by atoms with van der Waals surface area (Å²) in [7, 11) is 2.72. The number of nitro groups is 1. The number of hydrogen-bond donors (Lipinski definition) is 3. The monoisotopic (exact) mass is 1360 g/mol. The first-order valence-corrected chi connectivity index (χ1v) is 28.6. The number of rotatable bonds is 18. The van der Waals surface area contributed by atoms with Gasteiger partial charge in [0.25, 0.3) is 5.69 Å². The second-order valence-corrected chi connectivity index (χ2v) is 21.6. The molecule has 7 aromatic rings. The number of hydrogen-bond acceptors (Lipinski definition) is 22. The van der Waals surface area contributed by atoms with Crippen LogP contribution in [-0.2, 0) is 46.0 Å². The van der Waals surface area contributed by atoms with Gasteiger partial charge in [-0.05, 0) is 101 Å². The number of benzene rings is 3. The molecule has 0 amide bonds. The van der Waals surface area contributed by atoms with E-state index in [1.54, 1.807) is 18.9 Å². The van der Waals surface area contributed by atoms with Crippen LogP contribution in [0.5, 0.6) is 17.2 Å². The minimum atomic E-state index is -1.40. The van der Waals surface area contributed by atoms with Gasteiger partial charge in [-0.25, -0.2) is 41.5 Å². The van der Waals surface area contributed by atoms with E-state index in [1.807, 2.05) is 0 Å². The number of non-ortho nitro benzene ring substituents is 1. The smallest absolute Gasteiger partial charge is 0.492 e. The van der Waals surface area contributed by atoms with E-state index in [-0.39, 0.29) is 152 Å². The van der Waals surface area contributed by atoms with Gasteiger partial charge in [0.2, 0.25) is 10.9 Å². The predicted octanol–water partition coefficient (Wildman–Crippen LogP) is 10.1. The Kier molecular flexibility index (Phi) is 23.4. The average molecular weight is 1360 g/mol. The van der Waals surface area contributed by atoms with Crippen molar-refractivity contribution in [3.63, 3.8) is 0 Å². The van der Waals surface area contributed by atoms with Crippen LogP contribution in [0.15, 0.2) is 108 Å². The van der Waals surface area contributed by atoms with E-state index in [0.717, 1.165) is 37.8 Å². The summed E-state index contributed by atoms with van der Waals surface area (Å²) >= 11 is 0. The maximum absolute atomic E-state index is 15.6. The number of aryl methyl sites for hydroxylation is 2. The summed E-state index contributed by atoms with van der Waals surface area (Å²) < 4.78 is 108. The van der Waals surface area contributed by atoms with E-state index in [2.05, 4.69) is 8.83 Å². The minimum absolute atomic E-state index is 0. The van der Waals surface area contributed by atoms with E-state index >= 15 is 13.2 Å². The Morgan fingerprint density at radius 1 is 0.681 bits per heavy atom. The molecule has 27 nitrogen and oxygen atoms in total. The number of ether oxygens (including phenoxy) is 5. The molecule has 4 aliphatic rings. The second kappa shape index (κ2) is 30.7. The van der Waals surface area contributed by atoms with Crippen molar-refractivity contribution in [2.24, 2.45) is 5.73 Å². The molecule has 4 fully saturated rings. The number of nitro benzene ring substituents is 1. The first-order chi connectivity index (χ1) is 43.9. The van der Waals surface area contributed by atoms with Crippen molar-refractivity contribution < 1.29 is 112 Å². The van der Waals surface area contributed by atoms with Crippen LogP contribution in [0, 0.1) is 35.6 Å². The van der Waals surface area contributed by atoms with E-state index in [1.165, 1.54) is 64.7 Å². The van der Waals surface area contributed by atoms with Crippen LogP contribution in [0.3, 0.4) is 0 Å². The van der Waals surface area contributed by atoms with Crippen LogP contribution in [-0.4, -0.2) is 95.3 Å². The fourth-order valence-electron chi connectivity index (χ4n) is 10.7. The Hall–Kier alpha value is -9.88. The van der Waals surface area contributed by atoms with E-state index in [0.29, 0.717) is 61.0 Å². The number of carbonyl (C=O) groups excluding carboxylic acids is 2. The van der Waals surface area contributed by atoms with Gasteiger partial charge in [-0.15, -0.1) is 0 Å². The van der Waals surface area contributed by atoms with Gasteiger partial charge in [0.15, 0.2) is 59.4 Å². The van der Waals surface area contributed by atoms with Crippen molar-refractivity contribution >= 4 is 62.9 Å². The van der Waals surface area contributed by atoms with Crippen LogP contribution < -0.4 is 52.2 Å². The molecule has 0 bridgehead atoms. The molecular weight excluding hydrogens is 1290 g/mol. The molecule has 2 saturated carbocycles. The SMILES string of the molecule is C.COc1c(N2CCC/C(=C(\F)CCC(=O)OCc3oc(=O)oc3C)C2)c(F)cc2c(=O)c(C(=O)O)cn(C3CC3)c12.COc1c(N2CCC/C(=C(\F)CN)C2)c(F)cc2c(=O)c(C(=O)O)cn(C3CC3)c12.Cc1oc(=O)oc1COC(=O)Oc1ccc([N+](=O)[O-])cc1.[V]. The number of methoxy groups -OCH3 is 2. The Balaban J connectivity index is 0.000000208. The standard InChI is InChI=1S/C28H28F2N2O9.C21H23F2N3O4.C12H9NO8.CH4.V/c1-14-21(41-28(37)40-14)13-39-22(33)8-7-19(29)15-4-3-9-31(11-15)24-20(30)10-17-23(26(24)38-2)32(16-5-6-16)12-18(25(17)34)27(35)36;1-30-20-17-13(19(27)14(21(28)29)10-26(17)12-4-5-12)7-15(22)18(20)25-6-2-3-11(9-25)16(23)8-24;1-7-10(21-12(15)19-7)6-18-11(14)20-9-4-2-8(3-5-9)13(16)17;;/h10,12,16H,3-9,11,13H2,1-2H3,(H,35,36);7,10,12H,2-6,8-9,24H2,1H3,(H,28,29);2-5H,6H2,1H3;1H4;/b19-15+;16-11+;;;. The minimum Gasteiger partial charge on any atom is -0.492 e. The molecular formula is C62H64F4N6O21V. The van der Waals surface area contributed by atoms with Crippen molar-refractivity contribution in [2.45, 2.75) is 111 Å². The topological polar surface area (TPSA) is 361 Å². The average Bonchev–Trinajstić information content (AvgIpc) is 0.911. The molecule has 4 N–H and O–H groups in total. The molecule has 4 aromatic heterocycles. The Bertz CT molecular complexity index is 4370. The molecule has 0 atom stereocenters. The third kappa shape index (κ3) is 16.1. The predicted molar refractivity (Wildman–Crippen MR) is 322 cm³/mol. The molecule has 32 heteroatoms. The number of nitrogens with two attached hydrogens (primary N) is 1. The number of aromatic nitrogens is 2. The molecule has 501 valence electrons. The van der Waals surface area contributed by atoms with E-state index in [9.17, 15) is 63.1 Å². The number of carboxylic acids is 2. The molecule has 2 saturated heterocycles. The molecule has 2 aliphatic carbocycles. The first kappa shape index (κ1) is 71.6. The summed E-state index contributed by atoms with van der Waals surface area (Å²) in [5, 5.41) is 29.3. The Labute approximate surface area is 541 Å². The normalized spacial score (nSPS) is 15.5. The Morgan fingerprint density at radius 3 is 1.50 bits per heavy atom. The summed E-state index contributed by atoms with van der Waals surface area (Å²) in [6.45, 7) is 3.17. The van der Waals surface area contributed by atoms with Gasteiger partial charge >= 0.3 is 35.7 Å². The van der Waals surface area contributed by atoms with E-state index in [4.69, 9.17) is 38.3 Å². The second-order valence-electron chi connectivity index (χ2n) is 21.6. The quantitative estimate of drug-likeness (QED) is 0.0236. The molecule has 0 unspecified atom stereocenters. The number of pyridine rings is 2. The van der Waals surface area contributed by atoms with Crippen molar-refractivity contribution in [1.29, 1.82) is 0 Å². The van der Waals surface area contributed by atoms with Gasteiger partial charge in [0.1, 0.15) is 39.9 Å². The molecule has 2 aliphatic heterocycles. The first-order valence-electron chi connectivity index (χ1n) is 28.6. The van der Waals surface area contributed by atoms with Crippen molar-refractivity contribution in [1.82, 2.24) is 9.13 Å². The van der Waals surface area contributed by atoms with Crippen molar-refractivity contribution in [3.8, 4) is 17.2 Å². The molecule has 6 heterocycles. The van der Waals surface area contributed by atoms with Crippen LogP contribution in [0.25, 0.3) is 21.8 Å². The summed E-state index contributed by atoms with van der Waals surface area (Å²) in [6.07, 6.45) is 6.31. The van der Waals surface area contributed by atoms with Gasteiger partial charge in [0, 0.05) is 94.3 Å². The number of allylic oxidation sites excluding steroid dienone is 1. The Morgan fingerprint density at radius 2 is 1.12 bits per heavy atom. The number of halogens is 4. The maximum Gasteiger partial charge on any atom is 0.519 e. The number of carbonyl (C=O) groups is 4. The summed E-state index contributed by atoms with van der Waals surface area (Å²) in [5.41, 5.74) is 4.63. The largest absolute Gasteiger partial charge is 0.519 e. The van der Waals surface area contributed by atoms with Crippen molar-refractivity contribution in [3.05, 3.63) is 169 Å². The van der Waals surface area contributed by atoms with Crippen LogP contribution in [0.1, 0.15) is 127 Å². The summed E-state index contributed by atoms with van der Waals surface area (Å²) in [4.78, 5) is 108. The van der Waals surface area contributed by atoms with Crippen molar-refractivity contribution in [2.75, 3.05) is 56.7 Å². The van der Waals surface area contributed by atoms with Crippen LogP contribution in [0.4, 0.5) is 39.4 Å². The van der Waals surface area contributed by atoms with Gasteiger partial charge < -0.3 is 76.2 Å². The van der Waals surface area contributed by atoms with Gasteiger partial charge in [0.05, 0.1) is 47.4 Å². The number of piperidine rings is 2. The third-order valence-corrected chi connectivity index (χ3v) is 15.5. The maximum atomic E-state index is 15.6. The summed E-state index contributed by atoms with van der Waals surface area (Å²) in [5.74, 6) is -6.84. The zero-order chi connectivity index (χ0) is 66.4. The number of nitrogens with zero attached hydrogens (tertiary/aromatic N) is 5. The van der Waals surface area contributed by atoms with Crippen LogP contribution >= 0.6 is 0 Å². The van der Waals surface area contributed by atoms with E-state index < -0.39 is 85.9 Å². The summed E-state index contributed by atoms with van der Waals surface area (Å²) in [6, 6.07) is 6.93. The number of esters is 1. The molecule has 3 aromatic carbocycles. The molecule has 94 heavy (non-hydrogen) atoms. The fraction of sp³-hybridized carbons (Fsp3) is 0.387. The van der Waals surface area contributed by atoms with Crippen LogP contribution in [0.2, 0.25) is 0 Å².